The van der Waals surface area contributed by atoms with Crippen LogP contribution in [0.25, 0.3) is 0 Å². The van der Waals surface area contributed by atoms with Crippen LogP contribution in [-0.4, -0.2) is 35.5 Å². The minimum absolute atomic E-state index is 0.175. The predicted octanol–water partition coefficient (Wildman–Crippen LogP) is 2.79. The Hall–Kier alpha value is -2.60. The van der Waals surface area contributed by atoms with Crippen LogP contribution in [0.2, 0.25) is 5.02 Å². The van der Waals surface area contributed by atoms with Gasteiger partial charge in [-0.1, -0.05) is 23.7 Å². The van der Waals surface area contributed by atoms with Crippen LogP contribution in [0.4, 0.5) is 4.79 Å². The average Bonchev–Trinajstić information content (AvgIpc) is 2.65. The number of hydrogen-bond acceptors (Lipinski definition) is 4. The summed E-state index contributed by atoms with van der Waals surface area (Å²) < 4.78 is 4.76. The number of rotatable bonds is 3. The van der Waals surface area contributed by atoms with E-state index in [0.29, 0.717) is 36.6 Å². The monoisotopic (exact) mass is 359 g/mol. The van der Waals surface area contributed by atoms with Gasteiger partial charge in [-0.2, -0.15) is 0 Å². The van der Waals surface area contributed by atoms with Crippen LogP contribution >= 0.6 is 11.6 Å². The quantitative estimate of drug-likeness (QED) is 0.914. The van der Waals surface area contributed by atoms with E-state index in [1.807, 2.05) is 12.1 Å². The SMILES string of the molecule is COC(=O)N1CCc2c(cncc2C(=O)NCc2ccc(Cl)cc2)C1. The van der Waals surface area contributed by atoms with Gasteiger partial charge in [-0.3, -0.25) is 9.78 Å². The first kappa shape index (κ1) is 17.2. The highest BCUT2D eigenvalue weighted by Gasteiger charge is 2.25. The van der Waals surface area contributed by atoms with E-state index in [0.717, 1.165) is 16.7 Å². The smallest absolute Gasteiger partial charge is 0.409 e. The fourth-order valence-corrected chi connectivity index (χ4v) is 2.98. The molecule has 130 valence electrons. The van der Waals surface area contributed by atoms with E-state index in [2.05, 4.69) is 10.3 Å². The first-order valence-electron chi connectivity index (χ1n) is 7.89. The van der Waals surface area contributed by atoms with Crippen molar-refractivity contribution in [2.75, 3.05) is 13.7 Å². The summed E-state index contributed by atoms with van der Waals surface area (Å²) in [6.45, 7) is 1.32. The van der Waals surface area contributed by atoms with Crippen molar-refractivity contribution in [2.45, 2.75) is 19.5 Å². The Labute approximate surface area is 150 Å². The number of pyridine rings is 1. The number of fused-ring (bicyclic) bond motifs is 1. The van der Waals surface area contributed by atoms with Gasteiger partial charge in [-0.05, 0) is 35.2 Å². The van der Waals surface area contributed by atoms with Crippen molar-refractivity contribution in [1.29, 1.82) is 0 Å². The number of amides is 2. The Kier molecular flexibility index (Phi) is 5.19. The van der Waals surface area contributed by atoms with Crippen LogP contribution in [0.5, 0.6) is 0 Å². The van der Waals surface area contributed by atoms with Gasteiger partial charge in [0.25, 0.3) is 5.91 Å². The lowest BCUT2D eigenvalue weighted by atomic mass is 9.97. The summed E-state index contributed by atoms with van der Waals surface area (Å²) in [6, 6.07) is 7.32. The number of halogens is 1. The van der Waals surface area contributed by atoms with Crippen LogP contribution in [0.1, 0.15) is 27.0 Å². The highest BCUT2D eigenvalue weighted by atomic mass is 35.5. The third-order valence-electron chi connectivity index (χ3n) is 4.18. The molecule has 0 saturated carbocycles. The van der Waals surface area contributed by atoms with Gasteiger partial charge < -0.3 is 15.0 Å². The zero-order valence-electron chi connectivity index (χ0n) is 13.8. The zero-order chi connectivity index (χ0) is 17.8. The molecule has 0 unspecified atom stereocenters. The van der Waals surface area contributed by atoms with E-state index < -0.39 is 0 Å². The third kappa shape index (κ3) is 3.91. The predicted molar refractivity (Wildman–Crippen MR) is 93.4 cm³/mol. The molecule has 3 rings (SSSR count). The van der Waals surface area contributed by atoms with Gasteiger partial charge in [0, 0.05) is 30.5 Å². The number of methoxy groups -OCH3 is 1. The number of benzene rings is 1. The van der Waals surface area contributed by atoms with Crippen LogP contribution < -0.4 is 5.32 Å². The molecule has 6 nitrogen and oxygen atoms in total. The molecule has 2 aromatic rings. The van der Waals surface area contributed by atoms with E-state index in [4.69, 9.17) is 16.3 Å². The van der Waals surface area contributed by atoms with Gasteiger partial charge >= 0.3 is 6.09 Å². The number of carbonyl (C=O) groups is 2. The Morgan fingerprint density at radius 3 is 2.76 bits per heavy atom. The van der Waals surface area contributed by atoms with Crippen molar-refractivity contribution >= 4 is 23.6 Å². The van der Waals surface area contributed by atoms with Crippen molar-refractivity contribution in [2.24, 2.45) is 0 Å². The van der Waals surface area contributed by atoms with Crippen molar-refractivity contribution in [3.8, 4) is 0 Å². The minimum Gasteiger partial charge on any atom is -0.453 e. The molecular formula is C18H18ClN3O3. The molecule has 0 bridgehead atoms. The number of aromatic nitrogens is 1. The first-order chi connectivity index (χ1) is 12.1. The van der Waals surface area contributed by atoms with E-state index in [1.165, 1.54) is 7.11 Å². The maximum atomic E-state index is 12.5. The summed E-state index contributed by atoms with van der Waals surface area (Å²) in [5.41, 5.74) is 3.32. The summed E-state index contributed by atoms with van der Waals surface area (Å²) in [5.74, 6) is -0.175. The van der Waals surface area contributed by atoms with E-state index in [1.54, 1.807) is 29.4 Å². The van der Waals surface area contributed by atoms with Crippen molar-refractivity contribution < 1.29 is 14.3 Å². The number of hydrogen-bond donors (Lipinski definition) is 1. The molecule has 0 fully saturated rings. The molecule has 0 atom stereocenters. The zero-order valence-corrected chi connectivity index (χ0v) is 14.5. The number of nitrogens with one attached hydrogen (secondary N) is 1. The van der Waals surface area contributed by atoms with Crippen molar-refractivity contribution in [3.63, 3.8) is 0 Å². The van der Waals surface area contributed by atoms with E-state index in [9.17, 15) is 9.59 Å². The molecule has 1 aromatic heterocycles. The van der Waals surface area contributed by atoms with Crippen LogP contribution in [0.15, 0.2) is 36.7 Å². The van der Waals surface area contributed by atoms with Gasteiger partial charge in [0.05, 0.1) is 19.2 Å². The lowest BCUT2D eigenvalue weighted by Crippen LogP contribution is -2.37. The third-order valence-corrected chi connectivity index (χ3v) is 4.44. The number of nitrogens with zero attached hydrogens (tertiary/aromatic N) is 2. The van der Waals surface area contributed by atoms with Gasteiger partial charge in [0.2, 0.25) is 0 Å². The molecule has 0 radical (unpaired) electrons. The van der Waals surface area contributed by atoms with Crippen LogP contribution in [0.3, 0.4) is 0 Å². The second-order valence-electron chi connectivity index (χ2n) is 5.78. The summed E-state index contributed by atoms with van der Waals surface area (Å²) in [6.07, 6.45) is 3.49. The molecule has 1 N–H and O–H groups in total. The maximum absolute atomic E-state index is 12.5. The van der Waals surface area contributed by atoms with Gasteiger partial charge in [0.1, 0.15) is 0 Å². The fraction of sp³-hybridized carbons (Fsp3) is 0.278. The largest absolute Gasteiger partial charge is 0.453 e. The molecule has 1 aliphatic rings. The standard InChI is InChI=1S/C18H18ClN3O3/c1-25-18(24)22-7-6-15-13(11-22)9-20-10-16(15)17(23)21-8-12-2-4-14(19)5-3-12/h2-5,9-10H,6-8,11H2,1H3,(H,21,23). The molecule has 2 heterocycles. The number of ether oxygens (including phenoxy) is 1. The average molecular weight is 360 g/mol. The summed E-state index contributed by atoms with van der Waals surface area (Å²) in [4.78, 5) is 30.0. The molecule has 25 heavy (non-hydrogen) atoms. The molecule has 0 aliphatic carbocycles. The molecule has 1 aromatic carbocycles. The molecule has 1 aliphatic heterocycles. The normalized spacial score (nSPS) is 13.1. The highest BCUT2D eigenvalue weighted by Crippen LogP contribution is 2.22. The van der Waals surface area contributed by atoms with Gasteiger partial charge in [-0.15, -0.1) is 0 Å². The molecule has 0 spiro atoms. The second-order valence-corrected chi connectivity index (χ2v) is 6.21. The summed E-state index contributed by atoms with van der Waals surface area (Å²) in [5, 5.41) is 3.56. The van der Waals surface area contributed by atoms with Crippen LogP contribution in [-0.2, 0) is 24.2 Å². The Bertz CT molecular complexity index is 793. The van der Waals surface area contributed by atoms with E-state index >= 15 is 0 Å². The molecule has 2 amide bonds. The fourth-order valence-electron chi connectivity index (χ4n) is 2.85. The topological polar surface area (TPSA) is 71.5 Å². The van der Waals surface area contributed by atoms with Crippen LogP contribution in [0, 0.1) is 0 Å². The molecule has 0 saturated heterocycles. The lowest BCUT2D eigenvalue weighted by molar-refractivity contribution is 0.0948. The summed E-state index contributed by atoms with van der Waals surface area (Å²) >= 11 is 5.86. The Morgan fingerprint density at radius 2 is 2.04 bits per heavy atom. The summed E-state index contributed by atoms with van der Waals surface area (Å²) in [7, 11) is 1.36. The first-order valence-corrected chi connectivity index (χ1v) is 8.27. The number of carbonyl (C=O) groups excluding carboxylic acids is 2. The second kappa shape index (κ2) is 7.53. The van der Waals surface area contributed by atoms with Gasteiger partial charge in [-0.25, -0.2) is 4.79 Å². The Balaban J connectivity index is 1.72. The van der Waals surface area contributed by atoms with Crippen molar-refractivity contribution in [3.05, 3.63) is 63.9 Å². The highest BCUT2D eigenvalue weighted by molar-refractivity contribution is 6.30. The lowest BCUT2D eigenvalue weighted by Gasteiger charge is -2.28. The molecular weight excluding hydrogens is 342 g/mol. The maximum Gasteiger partial charge on any atom is 0.409 e. The van der Waals surface area contributed by atoms with Crippen molar-refractivity contribution in [1.82, 2.24) is 15.2 Å². The Morgan fingerprint density at radius 1 is 1.28 bits per heavy atom. The molecule has 7 heteroatoms. The van der Waals surface area contributed by atoms with E-state index in [-0.39, 0.29) is 12.0 Å². The van der Waals surface area contributed by atoms with Gasteiger partial charge in [0.15, 0.2) is 0 Å². The minimum atomic E-state index is -0.372.